The van der Waals surface area contributed by atoms with Crippen LogP contribution >= 0.6 is 11.6 Å². The Labute approximate surface area is 247 Å². The van der Waals surface area contributed by atoms with Gasteiger partial charge in [-0.15, -0.1) is 0 Å². The number of hydrogen-bond donors (Lipinski definition) is 1. The first-order chi connectivity index (χ1) is 20.3. The number of fused-ring (bicyclic) bond motifs is 3. The standard InChI is InChI=1S/C32H28ClFN4O4/c33-20-7-5-18(6-8-20)23-4-2-1-3-19(23)15-36-16-21-9-10-22(17-36)37(21)28-14-25-24(13-26(28)34)31(41)38(32(25)42)27-11-12-29(39)35-30(27)40/h1-8,13-14,21-22,27H,9-12,15-17H2,(H,35,39,40). The molecule has 42 heavy (non-hydrogen) atoms. The zero-order valence-electron chi connectivity index (χ0n) is 22.7. The van der Waals surface area contributed by atoms with Crippen molar-refractivity contribution in [1.29, 1.82) is 0 Å². The molecule has 2 bridgehead atoms. The van der Waals surface area contributed by atoms with Gasteiger partial charge in [0.25, 0.3) is 11.8 Å². The number of amides is 4. The van der Waals surface area contributed by atoms with E-state index in [9.17, 15) is 19.2 Å². The van der Waals surface area contributed by atoms with Crippen LogP contribution < -0.4 is 10.2 Å². The lowest BCUT2D eigenvalue weighted by atomic mass is 9.98. The van der Waals surface area contributed by atoms with Crippen molar-refractivity contribution in [2.75, 3.05) is 18.0 Å². The van der Waals surface area contributed by atoms with E-state index in [1.54, 1.807) is 0 Å². The van der Waals surface area contributed by atoms with Gasteiger partial charge < -0.3 is 4.90 Å². The Morgan fingerprint density at radius 3 is 2.19 bits per heavy atom. The van der Waals surface area contributed by atoms with Gasteiger partial charge >= 0.3 is 0 Å². The van der Waals surface area contributed by atoms with Crippen LogP contribution in [-0.2, 0) is 16.1 Å². The summed E-state index contributed by atoms with van der Waals surface area (Å²) < 4.78 is 15.6. The van der Waals surface area contributed by atoms with Gasteiger partial charge in [-0.3, -0.25) is 34.3 Å². The summed E-state index contributed by atoms with van der Waals surface area (Å²) in [5.41, 5.74) is 3.82. The molecule has 3 fully saturated rings. The molecule has 0 spiro atoms. The monoisotopic (exact) mass is 586 g/mol. The van der Waals surface area contributed by atoms with Crippen LogP contribution in [0.25, 0.3) is 11.1 Å². The fourth-order valence-corrected chi connectivity index (χ4v) is 7.13. The fourth-order valence-electron chi connectivity index (χ4n) is 7.00. The number of carbonyl (C=O) groups excluding carboxylic acids is 4. The summed E-state index contributed by atoms with van der Waals surface area (Å²) in [5.74, 6) is -3.02. The first-order valence-corrected chi connectivity index (χ1v) is 14.6. The lowest BCUT2D eigenvalue weighted by molar-refractivity contribution is -0.136. The molecule has 8 nitrogen and oxygen atoms in total. The lowest BCUT2D eigenvalue weighted by Gasteiger charge is -2.43. The molecule has 4 amide bonds. The molecule has 0 radical (unpaired) electrons. The number of piperazine rings is 1. The van der Waals surface area contributed by atoms with Gasteiger partial charge in [0.15, 0.2) is 0 Å². The van der Waals surface area contributed by atoms with Crippen LogP contribution in [0.15, 0.2) is 60.7 Å². The molecule has 0 aromatic heterocycles. The highest BCUT2D eigenvalue weighted by Crippen LogP contribution is 2.40. The second-order valence-electron chi connectivity index (χ2n) is 11.4. The molecule has 4 heterocycles. The van der Waals surface area contributed by atoms with Crippen LogP contribution in [0, 0.1) is 5.82 Å². The van der Waals surface area contributed by atoms with Crippen molar-refractivity contribution in [3.63, 3.8) is 0 Å². The van der Waals surface area contributed by atoms with E-state index in [0.717, 1.165) is 54.6 Å². The van der Waals surface area contributed by atoms with Crippen molar-refractivity contribution >= 4 is 40.9 Å². The summed E-state index contributed by atoms with van der Waals surface area (Å²) in [6.07, 6.45) is 1.87. The molecule has 7 rings (SSSR count). The number of imide groups is 2. The van der Waals surface area contributed by atoms with E-state index in [0.29, 0.717) is 10.7 Å². The third kappa shape index (κ3) is 4.48. The van der Waals surface area contributed by atoms with E-state index in [2.05, 4.69) is 27.2 Å². The number of nitrogens with zero attached hydrogens (tertiary/aromatic N) is 3. The van der Waals surface area contributed by atoms with Crippen LogP contribution in [-0.4, -0.2) is 64.6 Å². The SMILES string of the molecule is O=C1CCC(N2C(=O)c3cc(F)c(N4C5CCC4CN(Cc4ccccc4-c4ccc(Cl)cc4)C5)cc3C2=O)C(=O)N1. The van der Waals surface area contributed by atoms with Gasteiger partial charge in [-0.1, -0.05) is 48.0 Å². The summed E-state index contributed by atoms with van der Waals surface area (Å²) in [6, 6.07) is 17.8. The third-order valence-corrected chi connectivity index (χ3v) is 9.16. The van der Waals surface area contributed by atoms with Gasteiger partial charge in [-0.25, -0.2) is 4.39 Å². The van der Waals surface area contributed by atoms with E-state index in [1.165, 1.54) is 11.6 Å². The van der Waals surface area contributed by atoms with Gasteiger partial charge in [0.05, 0.1) is 16.8 Å². The molecule has 4 aliphatic rings. The molecule has 0 aliphatic carbocycles. The predicted molar refractivity (Wildman–Crippen MR) is 155 cm³/mol. The van der Waals surface area contributed by atoms with Gasteiger partial charge in [-0.2, -0.15) is 0 Å². The molecule has 4 aliphatic heterocycles. The molecule has 3 aromatic carbocycles. The van der Waals surface area contributed by atoms with Gasteiger partial charge in [0.1, 0.15) is 11.9 Å². The number of rotatable bonds is 5. The van der Waals surface area contributed by atoms with Crippen LogP contribution in [0.2, 0.25) is 5.02 Å². The number of piperidine rings is 1. The van der Waals surface area contributed by atoms with Gasteiger partial charge in [0.2, 0.25) is 11.8 Å². The highest BCUT2D eigenvalue weighted by molar-refractivity contribution is 6.30. The van der Waals surface area contributed by atoms with Gasteiger partial charge in [0, 0.05) is 43.2 Å². The lowest BCUT2D eigenvalue weighted by Crippen LogP contribution is -2.54. The molecule has 3 saturated heterocycles. The maximum absolute atomic E-state index is 15.6. The molecule has 0 saturated carbocycles. The quantitative estimate of drug-likeness (QED) is 0.446. The summed E-state index contributed by atoms with van der Waals surface area (Å²) in [5, 5.41) is 2.88. The van der Waals surface area contributed by atoms with E-state index in [4.69, 9.17) is 11.6 Å². The van der Waals surface area contributed by atoms with Crippen LogP contribution in [0.4, 0.5) is 10.1 Å². The molecule has 1 N–H and O–H groups in total. The molecular weight excluding hydrogens is 559 g/mol. The second kappa shape index (κ2) is 10.3. The number of nitrogens with one attached hydrogen (secondary N) is 1. The van der Waals surface area contributed by atoms with Crippen molar-refractivity contribution < 1.29 is 23.6 Å². The minimum absolute atomic E-state index is 0.0290. The van der Waals surface area contributed by atoms with Crippen molar-refractivity contribution in [1.82, 2.24) is 15.1 Å². The maximum Gasteiger partial charge on any atom is 0.262 e. The van der Waals surface area contributed by atoms with Crippen LogP contribution in [0.3, 0.4) is 0 Å². The highest BCUT2D eigenvalue weighted by Gasteiger charge is 2.47. The van der Waals surface area contributed by atoms with Crippen molar-refractivity contribution in [2.24, 2.45) is 0 Å². The Bertz CT molecular complexity index is 1630. The average molecular weight is 587 g/mol. The van der Waals surface area contributed by atoms with Crippen LogP contribution in [0.1, 0.15) is 52.0 Å². The zero-order chi connectivity index (χ0) is 29.1. The van der Waals surface area contributed by atoms with Crippen molar-refractivity contribution in [2.45, 2.75) is 50.4 Å². The Kier molecular flexibility index (Phi) is 6.59. The number of halogens is 2. The Hall–Kier alpha value is -4.08. The van der Waals surface area contributed by atoms with E-state index >= 15 is 4.39 Å². The fraction of sp³-hybridized carbons (Fsp3) is 0.312. The van der Waals surface area contributed by atoms with E-state index in [1.807, 2.05) is 36.4 Å². The first kappa shape index (κ1) is 26.8. The number of benzene rings is 3. The first-order valence-electron chi connectivity index (χ1n) is 14.2. The zero-order valence-corrected chi connectivity index (χ0v) is 23.4. The second-order valence-corrected chi connectivity index (χ2v) is 11.9. The van der Waals surface area contributed by atoms with Crippen LogP contribution in [0.5, 0.6) is 0 Å². The number of likely N-dealkylation sites (tertiary alicyclic amines) is 1. The Morgan fingerprint density at radius 1 is 0.833 bits per heavy atom. The average Bonchev–Trinajstić information content (AvgIpc) is 3.36. The molecule has 3 aromatic rings. The number of hydrogen-bond acceptors (Lipinski definition) is 6. The largest absolute Gasteiger partial charge is 0.361 e. The summed E-state index contributed by atoms with van der Waals surface area (Å²) >= 11 is 6.10. The molecular formula is C32H28ClFN4O4. The van der Waals surface area contributed by atoms with Crippen molar-refractivity contribution in [3.8, 4) is 11.1 Å². The Morgan fingerprint density at radius 2 is 1.50 bits per heavy atom. The molecule has 3 atom stereocenters. The summed E-state index contributed by atoms with van der Waals surface area (Å²) in [4.78, 5) is 55.8. The predicted octanol–water partition coefficient (Wildman–Crippen LogP) is 4.40. The molecule has 3 unspecified atom stereocenters. The smallest absolute Gasteiger partial charge is 0.262 e. The minimum Gasteiger partial charge on any atom is -0.361 e. The normalized spacial score (nSPS) is 23.9. The minimum atomic E-state index is -1.09. The summed E-state index contributed by atoms with van der Waals surface area (Å²) in [6.45, 7) is 2.22. The number of anilines is 1. The topological polar surface area (TPSA) is 90.0 Å². The highest BCUT2D eigenvalue weighted by atomic mass is 35.5. The number of carbonyl (C=O) groups is 4. The molecule has 214 valence electrons. The van der Waals surface area contributed by atoms with Gasteiger partial charge in [-0.05, 0) is 60.2 Å². The van der Waals surface area contributed by atoms with E-state index < -0.39 is 35.5 Å². The molecule has 10 heteroatoms. The maximum atomic E-state index is 15.6. The van der Waals surface area contributed by atoms with E-state index in [-0.39, 0.29) is 36.1 Å². The third-order valence-electron chi connectivity index (χ3n) is 8.91. The van der Waals surface area contributed by atoms with Crippen molar-refractivity contribution in [3.05, 3.63) is 88.2 Å². The Balaban J connectivity index is 1.12. The summed E-state index contributed by atoms with van der Waals surface area (Å²) in [7, 11) is 0.